The quantitative estimate of drug-likeness (QED) is 0.902. The summed E-state index contributed by atoms with van der Waals surface area (Å²) in [6.07, 6.45) is 3.78. The SMILES string of the molecule is Cc1ccc(F)c([C@H](CC2CC2)N2CCNCC2)c1.Cl.Cl. The topological polar surface area (TPSA) is 15.3 Å². The molecule has 1 aromatic carbocycles. The van der Waals surface area contributed by atoms with E-state index < -0.39 is 0 Å². The third kappa shape index (κ3) is 4.82. The van der Waals surface area contributed by atoms with Crippen LogP contribution in [0.4, 0.5) is 4.39 Å². The standard InChI is InChI=1S/C16H23FN2.2ClH/c1-12-2-5-15(17)14(10-12)16(11-13-3-4-13)19-8-6-18-7-9-19;;/h2,5,10,13,16,18H,3-4,6-9,11H2,1H3;2*1H/t16-;;/m0../s1. The molecule has 1 aromatic rings. The summed E-state index contributed by atoms with van der Waals surface area (Å²) >= 11 is 0. The van der Waals surface area contributed by atoms with Gasteiger partial charge in [0.15, 0.2) is 0 Å². The van der Waals surface area contributed by atoms with Crippen LogP contribution in [0.3, 0.4) is 0 Å². The second-order valence-corrected chi connectivity index (χ2v) is 6.01. The molecule has 5 heteroatoms. The van der Waals surface area contributed by atoms with Gasteiger partial charge >= 0.3 is 0 Å². The van der Waals surface area contributed by atoms with E-state index in [1.165, 1.54) is 12.8 Å². The van der Waals surface area contributed by atoms with E-state index in [9.17, 15) is 4.39 Å². The molecule has 3 rings (SSSR count). The van der Waals surface area contributed by atoms with Crippen molar-refractivity contribution in [2.24, 2.45) is 5.92 Å². The minimum Gasteiger partial charge on any atom is -0.314 e. The van der Waals surface area contributed by atoms with Crippen LogP contribution in [-0.2, 0) is 0 Å². The van der Waals surface area contributed by atoms with Crippen LogP contribution in [0.25, 0.3) is 0 Å². The smallest absolute Gasteiger partial charge is 0.128 e. The van der Waals surface area contributed by atoms with E-state index in [2.05, 4.69) is 17.1 Å². The number of benzene rings is 1. The third-order valence-corrected chi connectivity index (χ3v) is 4.36. The molecule has 1 heterocycles. The Morgan fingerprint density at radius 3 is 2.52 bits per heavy atom. The average molecular weight is 335 g/mol. The number of rotatable bonds is 4. The van der Waals surface area contributed by atoms with Gasteiger partial charge in [-0.15, -0.1) is 24.8 Å². The van der Waals surface area contributed by atoms with Crippen molar-refractivity contribution in [3.05, 3.63) is 35.1 Å². The lowest BCUT2D eigenvalue weighted by atomic mass is 9.96. The van der Waals surface area contributed by atoms with Gasteiger partial charge in [-0.05, 0) is 25.3 Å². The van der Waals surface area contributed by atoms with Crippen molar-refractivity contribution in [1.82, 2.24) is 10.2 Å². The number of hydrogen-bond donors (Lipinski definition) is 1. The van der Waals surface area contributed by atoms with E-state index in [4.69, 9.17) is 0 Å². The van der Waals surface area contributed by atoms with E-state index in [-0.39, 0.29) is 36.7 Å². The minimum absolute atomic E-state index is 0. The molecule has 0 aromatic heterocycles. The predicted octanol–water partition coefficient (Wildman–Crippen LogP) is 3.72. The Labute approximate surface area is 139 Å². The van der Waals surface area contributed by atoms with Crippen LogP contribution >= 0.6 is 24.8 Å². The number of nitrogens with one attached hydrogen (secondary N) is 1. The first kappa shape index (κ1) is 18.7. The van der Waals surface area contributed by atoms with Gasteiger partial charge in [0.1, 0.15) is 5.82 Å². The van der Waals surface area contributed by atoms with Crippen molar-refractivity contribution < 1.29 is 4.39 Å². The van der Waals surface area contributed by atoms with Crippen molar-refractivity contribution in [3.63, 3.8) is 0 Å². The molecular weight excluding hydrogens is 310 g/mol. The van der Waals surface area contributed by atoms with Crippen molar-refractivity contribution in [2.45, 2.75) is 32.2 Å². The zero-order chi connectivity index (χ0) is 13.2. The van der Waals surface area contributed by atoms with Gasteiger partial charge in [0.05, 0.1) is 0 Å². The molecule has 120 valence electrons. The summed E-state index contributed by atoms with van der Waals surface area (Å²) in [4.78, 5) is 2.46. The van der Waals surface area contributed by atoms with Gasteiger partial charge in [-0.25, -0.2) is 4.39 Å². The Morgan fingerprint density at radius 1 is 1.24 bits per heavy atom. The summed E-state index contributed by atoms with van der Waals surface area (Å²) < 4.78 is 14.2. The van der Waals surface area contributed by atoms with Crippen LogP contribution in [0.2, 0.25) is 0 Å². The molecule has 0 amide bonds. The summed E-state index contributed by atoms with van der Waals surface area (Å²) in [7, 11) is 0. The number of halogens is 3. The van der Waals surface area contributed by atoms with Gasteiger partial charge in [0, 0.05) is 37.8 Å². The highest BCUT2D eigenvalue weighted by molar-refractivity contribution is 5.85. The number of piperazine rings is 1. The molecule has 0 radical (unpaired) electrons. The zero-order valence-corrected chi connectivity index (χ0v) is 14.1. The van der Waals surface area contributed by atoms with E-state index >= 15 is 0 Å². The van der Waals surface area contributed by atoms with Gasteiger partial charge < -0.3 is 5.32 Å². The Bertz CT molecular complexity index is 446. The fourth-order valence-corrected chi connectivity index (χ4v) is 3.05. The first-order valence-corrected chi connectivity index (χ1v) is 7.45. The summed E-state index contributed by atoms with van der Waals surface area (Å²) in [5.74, 6) is 0.787. The second-order valence-electron chi connectivity index (χ2n) is 6.01. The summed E-state index contributed by atoms with van der Waals surface area (Å²) in [5.41, 5.74) is 2.07. The van der Waals surface area contributed by atoms with Gasteiger partial charge in [0.2, 0.25) is 0 Å². The van der Waals surface area contributed by atoms with Gasteiger partial charge in [-0.3, -0.25) is 4.90 Å². The molecule has 1 saturated heterocycles. The molecule has 2 fully saturated rings. The van der Waals surface area contributed by atoms with Crippen molar-refractivity contribution in [1.29, 1.82) is 0 Å². The normalized spacial score (nSPS) is 20.3. The van der Waals surface area contributed by atoms with E-state index in [0.29, 0.717) is 0 Å². The van der Waals surface area contributed by atoms with Gasteiger partial charge in [-0.2, -0.15) is 0 Å². The maximum atomic E-state index is 14.2. The van der Waals surface area contributed by atoms with Crippen LogP contribution in [0.15, 0.2) is 18.2 Å². The first-order chi connectivity index (χ1) is 9.24. The van der Waals surface area contributed by atoms with Crippen LogP contribution in [0.5, 0.6) is 0 Å². The lowest BCUT2D eigenvalue weighted by Gasteiger charge is -2.35. The summed E-state index contributed by atoms with van der Waals surface area (Å²) in [5, 5.41) is 3.38. The molecule has 1 aliphatic heterocycles. The van der Waals surface area contributed by atoms with Crippen LogP contribution in [0.1, 0.15) is 36.4 Å². The molecule has 2 aliphatic rings. The molecule has 1 N–H and O–H groups in total. The molecule has 0 unspecified atom stereocenters. The summed E-state index contributed by atoms with van der Waals surface area (Å²) in [6.45, 7) is 6.16. The van der Waals surface area contributed by atoms with Crippen LogP contribution in [0, 0.1) is 18.7 Å². The lowest BCUT2D eigenvalue weighted by Crippen LogP contribution is -2.45. The highest BCUT2D eigenvalue weighted by Gasteiger charge is 2.31. The number of hydrogen-bond acceptors (Lipinski definition) is 2. The van der Waals surface area contributed by atoms with E-state index in [0.717, 1.165) is 49.6 Å². The third-order valence-electron chi connectivity index (χ3n) is 4.36. The summed E-state index contributed by atoms with van der Waals surface area (Å²) in [6, 6.07) is 5.82. The van der Waals surface area contributed by atoms with Gasteiger partial charge in [-0.1, -0.05) is 30.5 Å². The molecule has 2 nitrogen and oxygen atoms in total. The highest BCUT2D eigenvalue weighted by Crippen LogP contribution is 2.40. The molecule has 0 spiro atoms. The molecule has 1 atom stereocenters. The lowest BCUT2D eigenvalue weighted by molar-refractivity contribution is 0.157. The van der Waals surface area contributed by atoms with Crippen molar-refractivity contribution in [2.75, 3.05) is 26.2 Å². The first-order valence-electron chi connectivity index (χ1n) is 7.45. The zero-order valence-electron chi connectivity index (χ0n) is 12.5. The fraction of sp³-hybridized carbons (Fsp3) is 0.625. The Morgan fingerprint density at radius 2 is 1.90 bits per heavy atom. The Kier molecular flexibility index (Phi) is 7.41. The largest absolute Gasteiger partial charge is 0.314 e. The predicted molar refractivity (Wildman–Crippen MR) is 90.2 cm³/mol. The van der Waals surface area contributed by atoms with Crippen molar-refractivity contribution in [3.8, 4) is 0 Å². The maximum Gasteiger partial charge on any atom is 0.128 e. The second kappa shape index (κ2) is 8.33. The Balaban J connectivity index is 0.00000110. The Hall–Kier alpha value is -0.350. The van der Waals surface area contributed by atoms with Gasteiger partial charge in [0.25, 0.3) is 0 Å². The number of nitrogens with zero attached hydrogens (tertiary/aromatic N) is 1. The molecule has 21 heavy (non-hydrogen) atoms. The minimum atomic E-state index is -0.0326. The maximum absolute atomic E-state index is 14.2. The van der Waals surface area contributed by atoms with Crippen LogP contribution in [-0.4, -0.2) is 31.1 Å². The monoisotopic (exact) mass is 334 g/mol. The molecule has 0 bridgehead atoms. The van der Waals surface area contributed by atoms with E-state index in [1.54, 1.807) is 6.07 Å². The fourth-order valence-electron chi connectivity index (χ4n) is 3.05. The van der Waals surface area contributed by atoms with Crippen molar-refractivity contribution >= 4 is 24.8 Å². The van der Waals surface area contributed by atoms with Crippen LogP contribution < -0.4 is 5.32 Å². The highest BCUT2D eigenvalue weighted by atomic mass is 35.5. The molecular formula is C16H25Cl2FN2. The van der Waals surface area contributed by atoms with E-state index in [1.807, 2.05) is 12.1 Å². The number of aryl methyl sites for hydroxylation is 1. The molecule has 1 saturated carbocycles. The molecule has 1 aliphatic carbocycles. The average Bonchev–Trinajstić information content (AvgIpc) is 3.24.